The number of carbonyl (C=O) groups excluding carboxylic acids is 1. The molecular formula is C20H17N3O. The third-order valence-electron chi connectivity index (χ3n) is 4.36. The first kappa shape index (κ1) is 14.5. The predicted molar refractivity (Wildman–Crippen MR) is 97.2 cm³/mol. The van der Waals surface area contributed by atoms with Crippen LogP contribution in [0.3, 0.4) is 0 Å². The van der Waals surface area contributed by atoms with Crippen molar-refractivity contribution in [2.24, 2.45) is 0 Å². The van der Waals surface area contributed by atoms with Crippen molar-refractivity contribution in [2.75, 3.05) is 11.9 Å². The van der Waals surface area contributed by atoms with Crippen LogP contribution in [-0.4, -0.2) is 23.2 Å². The Balaban J connectivity index is 1.61. The molecule has 0 atom stereocenters. The highest BCUT2D eigenvalue weighted by atomic mass is 16.2. The number of anilines is 1. The standard InChI is InChI=1S/C20H17N3O/c1-23(16-11-10-14-6-2-3-7-15(14)12-16)20(24)13-19-17-8-4-5-9-18(17)21-22-19/h2-12H,13H2,1H3,(H,21,22). The fourth-order valence-corrected chi connectivity index (χ4v) is 2.95. The summed E-state index contributed by atoms with van der Waals surface area (Å²) in [6.45, 7) is 0. The molecule has 1 aromatic heterocycles. The van der Waals surface area contributed by atoms with Crippen LogP contribution in [0.15, 0.2) is 66.7 Å². The van der Waals surface area contributed by atoms with E-state index in [1.807, 2.05) is 61.6 Å². The average Bonchev–Trinajstić information content (AvgIpc) is 3.03. The second-order valence-electron chi connectivity index (χ2n) is 5.88. The molecule has 1 N–H and O–H groups in total. The van der Waals surface area contributed by atoms with Gasteiger partial charge in [-0.2, -0.15) is 5.10 Å². The monoisotopic (exact) mass is 315 g/mol. The first-order valence-electron chi connectivity index (χ1n) is 7.90. The minimum absolute atomic E-state index is 0.0275. The number of para-hydroxylation sites is 1. The van der Waals surface area contributed by atoms with E-state index in [9.17, 15) is 4.79 Å². The van der Waals surface area contributed by atoms with Gasteiger partial charge in [0.1, 0.15) is 0 Å². The van der Waals surface area contributed by atoms with Gasteiger partial charge in [0.15, 0.2) is 0 Å². The zero-order valence-electron chi connectivity index (χ0n) is 13.4. The zero-order chi connectivity index (χ0) is 16.5. The Morgan fingerprint density at radius 2 is 1.75 bits per heavy atom. The fourth-order valence-electron chi connectivity index (χ4n) is 2.95. The lowest BCUT2D eigenvalue weighted by Crippen LogP contribution is -2.28. The van der Waals surface area contributed by atoms with E-state index in [1.165, 1.54) is 5.39 Å². The molecule has 4 nitrogen and oxygen atoms in total. The number of aromatic amines is 1. The number of fused-ring (bicyclic) bond motifs is 2. The molecule has 0 radical (unpaired) electrons. The van der Waals surface area contributed by atoms with Gasteiger partial charge in [-0.05, 0) is 29.0 Å². The van der Waals surface area contributed by atoms with E-state index in [2.05, 4.69) is 22.3 Å². The van der Waals surface area contributed by atoms with Gasteiger partial charge < -0.3 is 4.90 Å². The highest BCUT2D eigenvalue weighted by Gasteiger charge is 2.15. The van der Waals surface area contributed by atoms with Crippen LogP contribution in [0.2, 0.25) is 0 Å². The van der Waals surface area contributed by atoms with Gasteiger partial charge in [0, 0.05) is 18.1 Å². The van der Waals surface area contributed by atoms with Gasteiger partial charge in [0.2, 0.25) is 5.91 Å². The molecule has 4 aromatic rings. The minimum Gasteiger partial charge on any atom is -0.315 e. The summed E-state index contributed by atoms with van der Waals surface area (Å²) in [5.41, 5.74) is 2.62. The quantitative estimate of drug-likeness (QED) is 0.623. The molecule has 0 aliphatic carbocycles. The van der Waals surface area contributed by atoms with Gasteiger partial charge in [-0.15, -0.1) is 0 Å². The largest absolute Gasteiger partial charge is 0.315 e. The Bertz CT molecular complexity index is 1040. The number of rotatable bonds is 3. The summed E-state index contributed by atoms with van der Waals surface area (Å²) in [6, 6.07) is 22.0. The van der Waals surface area contributed by atoms with E-state index in [0.29, 0.717) is 6.42 Å². The molecule has 1 heterocycles. The van der Waals surface area contributed by atoms with E-state index in [-0.39, 0.29) is 5.91 Å². The lowest BCUT2D eigenvalue weighted by molar-refractivity contribution is -0.117. The van der Waals surface area contributed by atoms with Gasteiger partial charge in [0.25, 0.3) is 0 Å². The van der Waals surface area contributed by atoms with Gasteiger partial charge in [0.05, 0.1) is 17.6 Å². The van der Waals surface area contributed by atoms with Crippen molar-refractivity contribution in [1.82, 2.24) is 10.2 Å². The van der Waals surface area contributed by atoms with Crippen molar-refractivity contribution in [2.45, 2.75) is 6.42 Å². The minimum atomic E-state index is 0.0275. The van der Waals surface area contributed by atoms with E-state index in [0.717, 1.165) is 27.7 Å². The summed E-state index contributed by atoms with van der Waals surface area (Å²) in [5.74, 6) is 0.0275. The maximum atomic E-state index is 12.7. The Morgan fingerprint density at radius 1 is 1.00 bits per heavy atom. The topological polar surface area (TPSA) is 49.0 Å². The summed E-state index contributed by atoms with van der Waals surface area (Å²) < 4.78 is 0. The smallest absolute Gasteiger partial charge is 0.232 e. The van der Waals surface area contributed by atoms with Crippen LogP contribution < -0.4 is 4.90 Å². The number of likely N-dealkylation sites (N-methyl/N-ethyl adjacent to an activating group) is 1. The third kappa shape index (κ3) is 2.52. The fraction of sp³-hybridized carbons (Fsp3) is 0.100. The molecule has 0 fully saturated rings. The third-order valence-corrected chi connectivity index (χ3v) is 4.36. The lowest BCUT2D eigenvalue weighted by atomic mass is 10.1. The van der Waals surface area contributed by atoms with Crippen LogP contribution in [0.1, 0.15) is 5.69 Å². The number of nitrogens with zero attached hydrogens (tertiary/aromatic N) is 2. The van der Waals surface area contributed by atoms with Gasteiger partial charge >= 0.3 is 0 Å². The van der Waals surface area contributed by atoms with E-state index < -0.39 is 0 Å². The maximum absolute atomic E-state index is 12.7. The zero-order valence-corrected chi connectivity index (χ0v) is 13.4. The van der Waals surface area contributed by atoms with Crippen LogP contribution >= 0.6 is 0 Å². The van der Waals surface area contributed by atoms with Crippen molar-refractivity contribution in [3.8, 4) is 0 Å². The molecule has 3 aromatic carbocycles. The van der Waals surface area contributed by atoms with Crippen molar-refractivity contribution in [1.29, 1.82) is 0 Å². The highest BCUT2D eigenvalue weighted by molar-refractivity contribution is 5.98. The summed E-state index contributed by atoms with van der Waals surface area (Å²) in [5, 5.41) is 10.5. The molecule has 0 aliphatic rings. The second kappa shape index (κ2) is 5.81. The number of carbonyl (C=O) groups is 1. The van der Waals surface area contributed by atoms with Crippen LogP contribution in [0, 0.1) is 0 Å². The number of hydrogen-bond donors (Lipinski definition) is 1. The molecule has 0 unspecified atom stereocenters. The summed E-state index contributed by atoms with van der Waals surface area (Å²) in [4.78, 5) is 14.4. The number of amides is 1. The second-order valence-corrected chi connectivity index (χ2v) is 5.88. The van der Waals surface area contributed by atoms with Crippen molar-refractivity contribution in [3.63, 3.8) is 0 Å². The summed E-state index contributed by atoms with van der Waals surface area (Å²) in [6.07, 6.45) is 0.295. The Labute approximate surface area is 139 Å². The normalized spacial score (nSPS) is 11.0. The summed E-state index contributed by atoms with van der Waals surface area (Å²) >= 11 is 0. The van der Waals surface area contributed by atoms with Crippen LogP contribution in [0.5, 0.6) is 0 Å². The highest BCUT2D eigenvalue weighted by Crippen LogP contribution is 2.22. The number of benzene rings is 3. The number of hydrogen-bond acceptors (Lipinski definition) is 2. The first-order chi connectivity index (χ1) is 11.7. The molecule has 0 spiro atoms. The maximum Gasteiger partial charge on any atom is 0.232 e. The molecule has 1 amide bonds. The van der Waals surface area contributed by atoms with Gasteiger partial charge in [-0.25, -0.2) is 0 Å². The molecule has 0 aliphatic heterocycles. The predicted octanol–water partition coefficient (Wildman–Crippen LogP) is 3.92. The summed E-state index contributed by atoms with van der Waals surface area (Å²) in [7, 11) is 1.81. The molecule has 0 bridgehead atoms. The Kier molecular flexibility index (Phi) is 3.50. The molecule has 0 saturated heterocycles. The van der Waals surface area contributed by atoms with E-state index in [4.69, 9.17) is 0 Å². The van der Waals surface area contributed by atoms with E-state index >= 15 is 0 Å². The molecule has 24 heavy (non-hydrogen) atoms. The Hall–Kier alpha value is -3.14. The lowest BCUT2D eigenvalue weighted by Gasteiger charge is -2.17. The molecule has 0 saturated carbocycles. The molecule has 4 rings (SSSR count). The van der Waals surface area contributed by atoms with Gasteiger partial charge in [-0.3, -0.25) is 9.89 Å². The van der Waals surface area contributed by atoms with Crippen molar-refractivity contribution in [3.05, 3.63) is 72.4 Å². The molecule has 4 heteroatoms. The number of aromatic nitrogens is 2. The van der Waals surface area contributed by atoms with Crippen LogP contribution in [-0.2, 0) is 11.2 Å². The number of nitrogens with one attached hydrogen (secondary N) is 1. The number of H-pyrrole nitrogens is 1. The average molecular weight is 315 g/mol. The molecule has 118 valence electrons. The van der Waals surface area contributed by atoms with E-state index in [1.54, 1.807) is 4.90 Å². The first-order valence-corrected chi connectivity index (χ1v) is 7.90. The van der Waals surface area contributed by atoms with Crippen molar-refractivity contribution >= 4 is 33.3 Å². The SMILES string of the molecule is CN(C(=O)Cc1[nH]nc2ccccc12)c1ccc2ccccc2c1. The van der Waals surface area contributed by atoms with Crippen LogP contribution in [0.25, 0.3) is 21.7 Å². The van der Waals surface area contributed by atoms with Crippen molar-refractivity contribution < 1.29 is 4.79 Å². The van der Waals surface area contributed by atoms with Gasteiger partial charge in [-0.1, -0.05) is 48.5 Å². The Morgan fingerprint density at radius 3 is 2.62 bits per heavy atom. The van der Waals surface area contributed by atoms with Crippen LogP contribution in [0.4, 0.5) is 5.69 Å². The molecular weight excluding hydrogens is 298 g/mol.